The Morgan fingerprint density at radius 1 is 1.50 bits per heavy atom. The van der Waals surface area contributed by atoms with Crippen LogP contribution in [0, 0.1) is 0 Å². The quantitative estimate of drug-likeness (QED) is 0.784. The monoisotopic (exact) mass is 249 g/mol. The average molecular weight is 249 g/mol. The second kappa shape index (κ2) is 4.78. The lowest BCUT2D eigenvalue weighted by Gasteiger charge is -2.03. The van der Waals surface area contributed by atoms with Crippen molar-refractivity contribution in [1.29, 1.82) is 0 Å². The third-order valence-corrected chi connectivity index (χ3v) is 2.43. The van der Waals surface area contributed by atoms with Crippen LogP contribution in [0.3, 0.4) is 0 Å². The molecule has 0 unspecified atom stereocenters. The van der Waals surface area contributed by atoms with Crippen molar-refractivity contribution < 1.29 is 9.90 Å². The van der Waals surface area contributed by atoms with Crippen LogP contribution < -0.4 is 5.56 Å². The zero-order valence-corrected chi connectivity index (χ0v) is 9.65. The highest BCUT2D eigenvalue weighted by molar-refractivity contribution is 5.66. The standard InChI is InChI=1S/C10H11N5O3/c1-14-4-2-7(6-8(14)16)10-11-12-13-15(10)5-3-9(17)18/h2,4,6H,3,5H2,1H3,(H,17,18). The summed E-state index contributed by atoms with van der Waals surface area (Å²) in [5.41, 5.74) is 0.383. The molecule has 18 heavy (non-hydrogen) atoms. The van der Waals surface area contributed by atoms with Gasteiger partial charge in [-0.3, -0.25) is 9.59 Å². The Bertz CT molecular complexity index is 630. The maximum Gasteiger partial charge on any atom is 0.305 e. The molecule has 0 radical (unpaired) electrons. The molecule has 0 amide bonds. The molecule has 0 spiro atoms. The maximum absolute atomic E-state index is 11.5. The van der Waals surface area contributed by atoms with E-state index in [2.05, 4.69) is 15.5 Å². The topological polar surface area (TPSA) is 103 Å². The number of rotatable bonds is 4. The molecule has 1 N–H and O–H groups in total. The number of carbonyl (C=O) groups is 1. The number of nitrogens with zero attached hydrogens (tertiary/aromatic N) is 5. The predicted octanol–water partition coefficient (Wildman–Crippen LogP) is -0.487. The van der Waals surface area contributed by atoms with Crippen LogP contribution in [0.15, 0.2) is 23.1 Å². The van der Waals surface area contributed by atoms with Gasteiger partial charge < -0.3 is 9.67 Å². The molecule has 2 rings (SSSR count). The summed E-state index contributed by atoms with van der Waals surface area (Å²) in [6.07, 6.45) is 1.52. The molecule has 2 aromatic rings. The first kappa shape index (κ1) is 12.0. The molecular formula is C10H11N5O3. The van der Waals surface area contributed by atoms with Gasteiger partial charge in [0.25, 0.3) is 5.56 Å². The molecule has 2 heterocycles. The van der Waals surface area contributed by atoms with Crippen LogP contribution in [-0.2, 0) is 18.4 Å². The smallest absolute Gasteiger partial charge is 0.305 e. The first-order valence-corrected chi connectivity index (χ1v) is 5.23. The van der Waals surface area contributed by atoms with Crippen molar-refractivity contribution in [3.8, 4) is 11.4 Å². The fraction of sp³-hybridized carbons (Fsp3) is 0.300. The summed E-state index contributed by atoms with van der Waals surface area (Å²) in [5.74, 6) is -0.547. The molecule has 0 aromatic carbocycles. The van der Waals surface area contributed by atoms with E-state index in [1.54, 1.807) is 19.3 Å². The largest absolute Gasteiger partial charge is 0.481 e. The zero-order chi connectivity index (χ0) is 13.1. The molecule has 0 aliphatic carbocycles. The summed E-state index contributed by atoms with van der Waals surface area (Å²) in [5, 5.41) is 19.6. The molecule has 8 heteroatoms. The van der Waals surface area contributed by atoms with Crippen molar-refractivity contribution in [2.75, 3.05) is 0 Å². The van der Waals surface area contributed by atoms with Gasteiger partial charge in [0.05, 0.1) is 13.0 Å². The molecule has 2 aromatic heterocycles. The van der Waals surface area contributed by atoms with Gasteiger partial charge in [0.1, 0.15) is 0 Å². The summed E-state index contributed by atoms with van der Waals surface area (Å²) in [4.78, 5) is 22.0. The number of carboxylic acid groups (broad SMARTS) is 1. The number of pyridine rings is 1. The fourth-order valence-corrected chi connectivity index (χ4v) is 1.45. The predicted molar refractivity (Wildman–Crippen MR) is 60.7 cm³/mol. The van der Waals surface area contributed by atoms with Gasteiger partial charge in [-0.2, -0.15) is 0 Å². The summed E-state index contributed by atoms with van der Waals surface area (Å²) in [7, 11) is 1.64. The Hall–Kier alpha value is -2.51. The molecule has 0 saturated carbocycles. The van der Waals surface area contributed by atoms with Crippen molar-refractivity contribution in [3.05, 3.63) is 28.7 Å². The van der Waals surface area contributed by atoms with E-state index < -0.39 is 5.97 Å². The third kappa shape index (κ3) is 2.42. The SMILES string of the molecule is Cn1ccc(-c2nnnn2CCC(=O)O)cc1=O. The van der Waals surface area contributed by atoms with E-state index in [-0.39, 0.29) is 18.5 Å². The van der Waals surface area contributed by atoms with Crippen LogP contribution in [-0.4, -0.2) is 35.9 Å². The first-order chi connectivity index (χ1) is 8.58. The van der Waals surface area contributed by atoms with E-state index in [0.717, 1.165) is 0 Å². The highest BCUT2D eigenvalue weighted by Crippen LogP contribution is 2.12. The minimum atomic E-state index is -0.930. The first-order valence-electron chi connectivity index (χ1n) is 5.23. The minimum Gasteiger partial charge on any atom is -0.481 e. The fourth-order valence-electron chi connectivity index (χ4n) is 1.45. The van der Waals surface area contributed by atoms with Crippen LogP contribution in [0.2, 0.25) is 0 Å². The molecule has 0 aliphatic heterocycles. The highest BCUT2D eigenvalue weighted by Gasteiger charge is 2.10. The Morgan fingerprint density at radius 2 is 2.28 bits per heavy atom. The number of hydrogen-bond donors (Lipinski definition) is 1. The van der Waals surface area contributed by atoms with Crippen LogP contribution >= 0.6 is 0 Å². The van der Waals surface area contributed by atoms with Crippen molar-refractivity contribution >= 4 is 5.97 Å². The van der Waals surface area contributed by atoms with E-state index >= 15 is 0 Å². The Morgan fingerprint density at radius 3 is 2.94 bits per heavy atom. The van der Waals surface area contributed by atoms with Crippen LogP contribution in [0.1, 0.15) is 6.42 Å². The van der Waals surface area contributed by atoms with E-state index in [0.29, 0.717) is 11.4 Å². The van der Waals surface area contributed by atoms with Gasteiger partial charge in [0.2, 0.25) is 0 Å². The molecule has 0 bridgehead atoms. The van der Waals surface area contributed by atoms with E-state index in [4.69, 9.17) is 5.11 Å². The Kier molecular flexibility index (Phi) is 3.18. The van der Waals surface area contributed by atoms with E-state index in [1.165, 1.54) is 15.3 Å². The van der Waals surface area contributed by atoms with Crippen LogP contribution in [0.25, 0.3) is 11.4 Å². The lowest BCUT2D eigenvalue weighted by atomic mass is 10.2. The maximum atomic E-state index is 11.5. The second-order valence-corrected chi connectivity index (χ2v) is 3.73. The normalized spacial score (nSPS) is 10.5. The molecular weight excluding hydrogens is 238 g/mol. The molecule has 94 valence electrons. The van der Waals surface area contributed by atoms with Crippen LogP contribution in [0.5, 0.6) is 0 Å². The third-order valence-electron chi connectivity index (χ3n) is 2.43. The van der Waals surface area contributed by atoms with Gasteiger partial charge in [-0.1, -0.05) is 0 Å². The number of aromatic nitrogens is 5. The van der Waals surface area contributed by atoms with Gasteiger partial charge in [-0.15, -0.1) is 5.10 Å². The van der Waals surface area contributed by atoms with E-state index in [9.17, 15) is 9.59 Å². The Balaban J connectivity index is 2.33. The molecule has 8 nitrogen and oxygen atoms in total. The summed E-state index contributed by atoms with van der Waals surface area (Å²) < 4.78 is 2.79. The van der Waals surface area contributed by atoms with Gasteiger partial charge in [0, 0.05) is 24.9 Å². The number of hydrogen-bond acceptors (Lipinski definition) is 5. The molecule has 0 fully saturated rings. The molecule has 0 aliphatic rings. The number of aliphatic carboxylic acids is 1. The lowest BCUT2D eigenvalue weighted by Crippen LogP contribution is -2.15. The summed E-state index contributed by atoms with van der Waals surface area (Å²) >= 11 is 0. The number of aryl methyl sites for hydroxylation is 2. The number of carboxylic acids is 1. The van der Waals surface area contributed by atoms with Gasteiger partial charge in [-0.05, 0) is 16.5 Å². The molecule has 0 saturated heterocycles. The van der Waals surface area contributed by atoms with Crippen molar-refractivity contribution in [2.45, 2.75) is 13.0 Å². The van der Waals surface area contributed by atoms with Crippen molar-refractivity contribution in [2.24, 2.45) is 7.05 Å². The van der Waals surface area contributed by atoms with E-state index in [1.807, 2.05) is 0 Å². The molecule has 0 atom stereocenters. The van der Waals surface area contributed by atoms with Crippen LogP contribution in [0.4, 0.5) is 0 Å². The summed E-state index contributed by atoms with van der Waals surface area (Å²) in [6, 6.07) is 3.10. The minimum absolute atomic E-state index is 0.0805. The number of tetrazole rings is 1. The second-order valence-electron chi connectivity index (χ2n) is 3.73. The van der Waals surface area contributed by atoms with Gasteiger partial charge in [0.15, 0.2) is 5.82 Å². The highest BCUT2D eigenvalue weighted by atomic mass is 16.4. The van der Waals surface area contributed by atoms with Crippen molar-refractivity contribution in [1.82, 2.24) is 24.8 Å². The average Bonchev–Trinajstić information content (AvgIpc) is 2.78. The van der Waals surface area contributed by atoms with Crippen molar-refractivity contribution in [3.63, 3.8) is 0 Å². The van der Waals surface area contributed by atoms with Gasteiger partial charge >= 0.3 is 5.97 Å². The zero-order valence-electron chi connectivity index (χ0n) is 9.65. The summed E-state index contributed by atoms with van der Waals surface area (Å²) in [6.45, 7) is 0.160. The van der Waals surface area contributed by atoms with Gasteiger partial charge in [-0.25, -0.2) is 4.68 Å². The lowest BCUT2D eigenvalue weighted by molar-refractivity contribution is -0.137. The Labute approximate surface area is 101 Å².